The van der Waals surface area contributed by atoms with Crippen molar-refractivity contribution in [3.05, 3.63) is 58.6 Å². The summed E-state index contributed by atoms with van der Waals surface area (Å²) in [6.45, 7) is 0.293. The van der Waals surface area contributed by atoms with Gasteiger partial charge in [0.1, 0.15) is 0 Å². The van der Waals surface area contributed by atoms with E-state index in [4.69, 9.17) is 21.1 Å². The lowest BCUT2D eigenvalue weighted by Gasteiger charge is -2.10. The van der Waals surface area contributed by atoms with Gasteiger partial charge >= 0.3 is 0 Å². The van der Waals surface area contributed by atoms with E-state index in [9.17, 15) is 9.59 Å². The van der Waals surface area contributed by atoms with Crippen LogP contribution in [0.1, 0.15) is 11.1 Å². The standard InChI is InChI=1S/C19H21ClN2O4/c1-25-16-8-5-14(9-17(16)26-2)10-18(23)22-12-19(24)21-11-13-3-6-15(20)7-4-13/h3-9H,10-12H2,1-2H3,(H,21,24)(H,22,23). The van der Waals surface area contributed by atoms with Crippen LogP contribution in [0.4, 0.5) is 0 Å². The van der Waals surface area contributed by atoms with E-state index in [2.05, 4.69) is 10.6 Å². The molecular weight excluding hydrogens is 356 g/mol. The maximum Gasteiger partial charge on any atom is 0.239 e. The molecule has 2 aromatic rings. The van der Waals surface area contributed by atoms with E-state index in [-0.39, 0.29) is 24.8 Å². The Hall–Kier alpha value is -2.73. The van der Waals surface area contributed by atoms with Crippen molar-refractivity contribution in [2.45, 2.75) is 13.0 Å². The van der Waals surface area contributed by atoms with Gasteiger partial charge in [0.05, 0.1) is 27.2 Å². The lowest BCUT2D eigenvalue weighted by molar-refractivity contribution is -0.125. The van der Waals surface area contributed by atoms with Crippen LogP contribution in [0.2, 0.25) is 5.02 Å². The Balaban J connectivity index is 1.77. The van der Waals surface area contributed by atoms with Crippen molar-refractivity contribution >= 4 is 23.4 Å². The predicted molar refractivity (Wildman–Crippen MR) is 99.6 cm³/mol. The number of carbonyl (C=O) groups excluding carboxylic acids is 2. The van der Waals surface area contributed by atoms with Crippen molar-refractivity contribution in [2.75, 3.05) is 20.8 Å². The van der Waals surface area contributed by atoms with Gasteiger partial charge in [-0.25, -0.2) is 0 Å². The van der Waals surface area contributed by atoms with Gasteiger partial charge in [-0.2, -0.15) is 0 Å². The van der Waals surface area contributed by atoms with Gasteiger partial charge in [0.2, 0.25) is 11.8 Å². The smallest absolute Gasteiger partial charge is 0.239 e. The normalized spacial score (nSPS) is 10.1. The third-order valence-corrected chi connectivity index (χ3v) is 3.91. The van der Waals surface area contributed by atoms with Crippen LogP contribution in [0.3, 0.4) is 0 Å². The highest BCUT2D eigenvalue weighted by molar-refractivity contribution is 6.30. The highest BCUT2D eigenvalue weighted by Gasteiger charge is 2.09. The third kappa shape index (κ3) is 5.97. The number of methoxy groups -OCH3 is 2. The maximum absolute atomic E-state index is 12.0. The summed E-state index contributed by atoms with van der Waals surface area (Å²) in [4.78, 5) is 23.8. The van der Waals surface area contributed by atoms with Crippen LogP contribution in [0.15, 0.2) is 42.5 Å². The molecule has 0 aliphatic carbocycles. The Morgan fingerprint density at radius 2 is 1.54 bits per heavy atom. The fraction of sp³-hybridized carbons (Fsp3) is 0.263. The summed E-state index contributed by atoms with van der Waals surface area (Å²) in [5.41, 5.74) is 1.70. The molecule has 2 aromatic carbocycles. The van der Waals surface area contributed by atoms with Gasteiger partial charge in [0.25, 0.3) is 0 Å². The Bertz CT molecular complexity index is 763. The van der Waals surface area contributed by atoms with E-state index < -0.39 is 0 Å². The van der Waals surface area contributed by atoms with E-state index in [1.807, 2.05) is 12.1 Å². The summed E-state index contributed by atoms with van der Waals surface area (Å²) >= 11 is 5.81. The third-order valence-electron chi connectivity index (χ3n) is 3.66. The molecule has 0 aliphatic rings. The Kier molecular flexibility index (Phi) is 7.29. The largest absolute Gasteiger partial charge is 0.493 e. The van der Waals surface area contributed by atoms with Gasteiger partial charge in [-0.1, -0.05) is 29.8 Å². The second-order valence-electron chi connectivity index (χ2n) is 5.55. The van der Waals surface area contributed by atoms with Crippen LogP contribution in [0.5, 0.6) is 11.5 Å². The van der Waals surface area contributed by atoms with E-state index in [1.54, 1.807) is 37.4 Å². The first kappa shape index (κ1) is 19.6. The molecule has 2 N–H and O–H groups in total. The minimum absolute atomic E-state index is 0.0836. The molecule has 0 fully saturated rings. The number of ether oxygens (including phenoxy) is 2. The molecule has 0 unspecified atom stereocenters. The number of nitrogens with one attached hydrogen (secondary N) is 2. The summed E-state index contributed by atoms with van der Waals surface area (Å²) in [6.07, 6.45) is 0.144. The number of hydrogen-bond acceptors (Lipinski definition) is 4. The number of rotatable bonds is 8. The Morgan fingerprint density at radius 1 is 0.885 bits per heavy atom. The number of benzene rings is 2. The van der Waals surface area contributed by atoms with Crippen LogP contribution < -0.4 is 20.1 Å². The number of carbonyl (C=O) groups is 2. The van der Waals surface area contributed by atoms with Crippen LogP contribution in [0, 0.1) is 0 Å². The molecule has 0 aliphatic heterocycles. The van der Waals surface area contributed by atoms with Crippen molar-refractivity contribution < 1.29 is 19.1 Å². The molecule has 138 valence electrons. The summed E-state index contributed by atoms with van der Waals surface area (Å²) in [5, 5.41) is 5.98. The average molecular weight is 377 g/mol. The highest BCUT2D eigenvalue weighted by atomic mass is 35.5. The lowest BCUT2D eigenvalue weighted by atomic mass is 10.1. The molecule has 0 atom stereocenters. The number of amides is 2. The molecule has 6 nitrogen and oxygen atoms in total. The van der Waals surface area contributed by atoms with Gasteiger partial charge < -0.3 is 20.1 Å². The molecule has 2 amide bonds. The summed E-state index contributed by atoms with van der Waals surface area (Å²) in [5.74, 6) is 0.635. The van der Waals surface area contributed by atoms with Crippen LogP contribution in [-0.4, -0.2) is 32.6 Å². The predicted octanol–water partition coefficient (Wildman–Crippen LogP) is 2.33. The molecule has 2 rings (SSSR count). The second-order valence-corrected chi connectivity index (χ2v) is 5.98. The Morgan fingerprint density at radius 3 is 2.19 bits per heavy atom. The monoisotopic (exact) mass is 376 g/mol. The van der Waals surface area contributed by atoms with E-state index >= 15 is 0 Å². The van der Waals surface area contributed by atoms with Crippen molar-refractivity contribution in [1.29, 1.82) is 0 Å². The fourth-order valence-electron chi connectivity index (χ4n) is 2.28. The van der Waals surface area contributed by atoms with Crippen molar-refractivity contribution in [2.24, 2.45) is 0 Å². The molecular formula is C19H21ClN2O4. The first-order chi connectivity index (χ1) is 12.5. The maximum atomic E-state index is 12.0. The Labute approximate surface area is 157 Å². The van der Waals surface area contributed by atoms with Crippen molar-refractivity contribution in [3.8, 4) is 11.5 Å². The zero-order valence-electron chi connectivity index (χ0n) is 14.7. The molecule has 0 saturated carbocycles. The first-order valence-corrected chi connectivity index (χ1v) is 8.38. The summed E-state index contributed by atoms with van der Waals surface area (Å²) in [7, 11) is 3.08. The molecule has 0 heterocycles. The van der Waals surface area contributed by atoms with Crippen molar-refractivity contribution in [3.63, 3.8) is 0 Å². The number of halogens is 1. The highest BCUT2D eigenvalue weighted by Crippen LogP contribution is 2.27. The minimum Gasteiger partial charge on any atom is -0.493 e. The molecule has 0 aromatic heterocycles. The topological polar surface area (TPSA) is 76.7 Å². The molecule has 26 heavy (non-hydrogen) atoms. The SMILES string of the molecule is COc1ccc(CC(=O)NCC(=O)NCc2ccc(Cl)cc2)cc1OC. The van der Waals surface area contributed by atoms with Crippen LogP contribution >= 0.6 is 11.6 Å². The van der Waals surface area contributed by atoms with E-state index in [0.29, 0.717) is 23.1 Å². The van der Waals surface area contributed by atoms with Crippen LogP contribution in [0.25, 0.3) is 0 Å². The first-order valence-electron chi connectivity index (χ1n) is 8.00. The van der Waals surface area contributed by atoms with E-state index in [0.717, 1.165) is 11.1 Å². The van der Waals surface area contributed by atoms with Gasteiger partial charge in [0.15, 0.2) is 11.5 Å². The fourth-order valence-corrected chi connectivity index (χ4v) is 2.41. The molecule has 0 radical (unpaired) electrons. The second kappa shape index (κ2) is 9.68. The van der Waals surface area contributed by atoms with Gasteiger partial charge in [-0.15, -0.1) is 0 Å². The number of hydrogen-bond donors (Lipinski definition) is 2. The molecule has 7 heteroatoms. The summed E-state index contributed by atoms with van der Waals surface area (Å²) < 4.78 is 10.4. The quantitative estimate of drug-likeness (QED) is 0.741. The molecule has 0 bridgehead atoms. The van der Waals surface area contributed by atoms with Crippen LogP contribution in [-0.2, 0) is 22.6 Å². The zero-order valence-corrected chi connectivity index (χ0v) is 15.4. The van der Waals surface area contributed by atoms with Gasteiger partial charge in [-0.3, -0.25) is 9.59 Å². The minimum atomic E-state index is -0.263. The average Bonchev–Trinajstić information content (AvgIpc) is 2.65. The lowest BCUT2D eigenvalue weighted by Crippen LogP contribution is -2.37. The van der Waals surface area contributed by atoms with Gasteiger partial charge in [0, 0.05) is 11.6 Å². The molecule has 0 spiro atoms. The summed E-state index contributed by atoms with van der Waals surface area (Å²) in [6, 6.07) is 12.4. The van der Waals surface area contributed by atoms with Crippen molar-refractivity contribution in [1.82, 2.24) is 10.6 Å². The van der Waals surface area contributed by atoms with Gasteiger partial charge in [-0.05, 0) is 35.4 Å². The zero-order chi connectivity index (χ0) is 18.9. The van der Waals surface area contributed by atoms with E-state index in [1.165, 1.54) is 7.11 Å². The molecule has 0 saturated heterocycles.